The number of nitrogens with zero attached hydrogens (tertiary/aromatic N) is 3. The van der Waals surface area contributed by atoms with Gasteiger partial charge in [-0.25, -0.2) is 4.98 Å². The molecule has 3 atom stereocenters. The van der Waals surface area contributed by atoms with E-state index in [0.717, 1.165) is 92.3 Å². The number of fused-ring (bicyclic) bond motifs is 3. The van der Waals surface area contributed by atoms with Crippen LogP contribution in [0.5, 0.6) is 0 Å². The number of anilines is 1. The second-order valence-electron chi connectivity index (χ2n) is 14.7. The Morgan fingerprint density at radius 3 is 2.05 bits per heavy atom. The van der Waals surface area contributed by atoms with Gasteiger partial charge in [0.2, 0.25) is 0 Å². The van der Waals surface area contributed by atoms with Crippen LogP contribution in [0.4, 0.5) is 5.69 Å². The number of carbonyl (C=O) groups excluding carboxylic acids is 2. The van der Waals surface area contributed by atoms with Crippen LogP contribution in [0.25, 0.3) is 37.2 Å². The number of primary amides is 1. The third-order valence-corrected chi connectivity index (χ3v) is 15.0. The minimum Gasteiger partial charge on any atom is -0.397 e. The van der Waals surface area contributed by atoms with Gasteiger partial charge in [0.25, 0.3) is 5.91 Å². The summed E-state index contributed by atoms with van der Waals surface area (Å²) in [6.45, 7) is 7.90. The number of Topliss-reactive ketones (excluding diaryl/α,β-unsaturated/α-hetero) is 1. The van der Waals surface area contributed by atoms with Crippen LogP contribution in [0.3, 0.4) is 0 Å². The van der Waals surface area contributed by atoms with Crippen LogP contribution >= 0.6 is 69.8 Å². The van der Waals surface area contributed by atoms with Crippen molar-refractivity contribution in [1.82, 2.24) is 9.97 Å². The van der Waals surface area contributed by atoms with Crippen LogP contribution in [0, 0.1) is 27.3 Å². The number of rotatable bonds is 11. The largest absolute Gasteiger partial charge is 0.397 e. The zero-order valence-corrected chi connectivity index (χ0v) is 41.0. The quantitative estimate of drug-likeness (QED) is 0.0542. The number of aromatic nitrogens is 2. The SMILES string of the molecule is CCOC1CCCC1=O.CCOC1CCc2c1[nH]c(=S)c(C#N)c2-c1cccs1.CCOC1CCc2c1nc1sc(C(N)=O)c(N)c1c2-c1cccs1.N#C/C(=C\c1cccs1)C(N)=S. The molecule has 0 aromatic carbocycles. The number of carbonyl (C=O) groups is 2. The molecule has 12 nitrogen and oxygen atoms in total. The molecule has 0 spiro atoms. The molecule has 0 bridgehead atoms. The summed E-state index contributed by atoms with van der Waals surface area (Å²) in [5.41, 5.74) is 25.0. The molecule has 1 amide bonds. The Hall–Kier alpha value is -4.99. The molecule has 9 rings (SSSR count). The summed E-state index contributed by atoms with van der Waals surface area (Å²) in [6, 6.07) is 16.2. The standard InChI is InChI=1S/C17H17N3O2S2.C15H14N2OS2.C8H6N2S2.C7H12O2/c1-2-22-9-6-5-8-11(10-4-3-7-23-10)12-13(18)15(16(19)21)24-17(12)20-14(8)9;1-2-18-11-6-5-9-13(12-4-3-7-20-12)10(8-16)15(19)17-14(9)11;9-5-6(8(10)11)4-7-2-1-3-12-7;1-2-9-7-5-3-4-6(7)8/h3-4,7,9H,2,5-6,18H2,1H3,(H2,19,21);3-4,7,11H,2,5-6H2,1H3,(H,17,19);1-4H,(H2,10,11);7H,2-5H2,1H3/b;;6-4+;. The number of H-pyrrole nitrogens is 1. The highest BCUT2D eigenvalue weighted by molar-refractivity contribution is 7.80. The number of nitrogens with one attached hydrogen (secondary N) is 1. The molecule has 65 heavy (non-hydrogen) atoms. The molecule has 1 saturated carbocycles. The van der Waals surface area contributed by atoms with E-state index in [9.17, 15) is 14.9 Å². The van der Waals surface area contributed by atoms with E-state index in [4.69, 9.17) is 53.9 Å². The molecule has 6 aromatic heterocycles. The van der Waals surface area contributed by atoms with Crippen molar-refractivity contribution in [1.29, 1.82) is 10.5 Å². The molecule has 1 fully saturated rings. The van der Waals surface area contributed by atoms with Crippen LogP contribution < -0.4 is 17.2 Å². The van der Waals surface area contributed by atoms with Gasteiger partial charge in [-0.05, 0) is 111 Å². The lowest BCUT2D eigenvalue weighted by atomic mass is 10.0. The number of nitrogens with two attached hydrogens (primary N) is 3. The number of thiocarbonyl (C=S) groups is 1. The molecule has 3 unspecified atom stereocenters. The van der Waals surface area contributed by atoms with Gasteiger partial charge in [-0.2, -0.15) is 10.5 Å². The topological polar surface area (TPSA) is 216 Å². The maximum absolute atomic E-state index is 11.7. The highest BCUT2D eigenvalue weighted by Crippen LogP contribution is 2.48. The Morgan fingerprint density at radius 1 is 0.877 bits per heavy atom. The van der Waals surface area contributed by atoms with Crippen molar-refractivity contribution in [3.8, 4) is 33.0 Å². The summed E-state index contributed by atoms with van der Waals surface area (Å²) in [5, 5.41) is 24.9. The Morgan fingerprint density at radius 2 is 1.49 bits per heavy atom. The molecular formula is C47H49N7O5S6. The number of thiophene rings is 4. The number of aromatic amines is 1. The summed E-state index contributed by atoms with van der Waals surface area (Å²) >= 11 is 16.2. The number of nitriles is 2. The Bertz CT molecular complexity index is 2800. The molecule has 0 aliphatic heterocycles. The van der Waals surface area contributed by atoms with Crippen LogP contribution in [-0.4, -0.2) is 52.6 Å². The van der Waals surface area contributed by atoms with E-state index in [1.807, 2.05) is 73.3 Å². The van der Waals surface area contributed by atoms with Crippen molar-refractivity contribution in [3.05, 3.63) is 101 Å². The predicted molar refractivity (Wildman–Crippen MR) is 270 cm³/mol. The third-order valence-electron chi connectivity index (χ3n) is 10.7. The summed E-state index contributed by atoms with van der Waals surface area (Å²) in [5.74, 6) is -0.217. The number of pyridine rings is 2. The van der Waals surface area contributed by atoms with E-state index >= 15 is 0 Å². The van der Waals surface area contributed by atoms with Crippen LogP contribution in [0.15, 0.2) is 58.1 Å². The smallest absolute Gasteiger partial charge is 0.260 e. The second-order valence-corrected chi connectivity index (χ2v) is 19.4. The van der Waals surface area contributed by atoms with E-state index in [1.54, 1.807) is 40.1 Å². The van der Waals surface area contributed by atoms with Gasteiger partial charge in [-0.1, -0.05) is 42.6 Å². The lowest BCUT2D eigenvalue weighted by Crippen LogP contribution is -2.16. The van der Waals surface area contributed by atoms with Crippen molar-refractivity contribution in [2.24, 2.45) is 11.5 Å². The molecule has 18 heteroatoms. The highest BCUT2D eigenvalue weighted by atomic mass is 32.1. The van der Waals surface area contributed by atoms with Gasteiger partial charge in [0.05, 0.1) is 28.6 Å². The van der Waals surface area contributed by atoms with Crippen LogP contribution in [-0.2, 0) is 31.8 Å². The first-order valence-electron chi connectivity index (χ1n) is 21.1. The van der Waals surface area contributed by atoms with E-state index in [2.05, 4.69) is 29.3 Å². The Kier molecular flexibility index (Phi) is 17.8. The first kappa shape index (κ1) is 49.4. The van der Waals surface area contributed by atoms with Crippen molar-refractivity contribution in [2.45, 2.75) is 84.0 Å². The third kappa shape index (κ3) is 11.5. The number of hydrogen-bond acceptors (Lipinski definition) is 15. The molecule has 6 aromatic rings. The molecular weight excluding hydrogens is 935 g/mol. The van der Waals surface area contributed by atoms with E-state index < -0.39 is 5.91 Å². The first-order valence-corrected chi connectivity index (χ1v) is 25.4. The molecule has 3 aliphatic rings. The summed E-state index contributed by atoms with van der Waals surface area (Å²) in [6.07, 6.45) is 8.08. The van der Waals surface area contributed by atoms with E-state index in [-0.39, 0.29) is 29.1 Å². The van der Waals surface area contributed by atoms with Gasteiger partial charge < -0.3 is 36.4 Å². The maximum Gasteiger partial charge on any atom is 0.260 e. The zero-order valence-electron chi connectivity index (χ0n) is 36.1. The minimum absolute atomic E-state index is 0.00784. The first-order chi connectivity index (χ1) is 31.4. The lowest BCUT2D eigenvalue weighted by Gasteiger charge is -2.14. The fourth-order valence-electron chi connectivity index (χ4n) is 7.99. The van der Waals surface area contributed by atoms with E-state index in [1.165, 1.54) is 22.5 Å². The zero-order chi connectivity index (χ0) is 46.6. The highest BCUT2D eigenvalue weighted by Gasteiger charge is 2.32. The number of ether oxygens (including phenoxy) is 3. The number of amides is 1. The molecule has 7 N–H and O–H groups in total. The Labute approximate surface area is 404 Å². The van der Waals surface area contributed by atoms with Gasteiger partial charge >= 0.3 is 0 Å². The molecule has 3 aliphatic carbocycles. The van der Waals surface area contributed by atoms with Gasteiger partial charge in [-0.3, -0.25) is 9.59 Å². The predicted octanol–water partition coefficient (Wildman–Crippen LogP) is 11.2. The molecule has 0 radical (unpaired) electrons. The summed E-state index contributed by atoms with van der Waals surface area (Å²) in [7, 11) is 0. The van der Waals surface area contributed by atoms with E-state index in [0.29, 0.717) is 46.2 Å². The summed E-state index contributed by atoms with van der Waals surface area (Å²) < 4.78 is 17.3. The Balaban J connectivity index is 0.000000153. The van der Waals surface area contributed by atoms with Crippen molar-refractivity contribution >= 4 is 108 Å². The number of hydrogen-bond donors (Lipinski definition) is 4. The van der Waals surface area contributed by atoms with Gasteiger partial charge in [0.15, 0.2) is 5.78 Å². The normalized spacial score (nSPS) is 17.1. The fourth-order valence-corrected chi connectivity index (χ4v) is 11.6. The van der Waals surface area contributed by atoms with Gasteiger partial charge in [0, 0.05) is 63.1 Å². The number of nitrogen functional groups attached to an aromatic ring is 1. The molecule has 0 saturated heterocycles. The van der Waals surface area contributed by atoms with Gasteiger partial charge in [-0.15, -0.1) is 45.3 Å². The average molecular weight is 984 g/mol. The van der Waals surface area contributed by atoms with Crippen molar-refractivity contribution in [3.63, 3.8) is 0 Å². The minimum atomic E-state index is -0.505. The lowest BCUT2D eigenvalue weighted by molar-refractivity contribution is -0.127. The second kappa shape index (κ2) is 23.5. The maximum atomic E-state index is 11.7. The monoisotopic (exact) mass is 983 g/mol. The van der Waals surface area contributed by atoms with Crippen molar-refractivity contribution in [2.75, 3.05) is 25.6 Å². The van der Waals surface area contributed by atoms with Crippen LogP contribution in [0.1, 0.15) is 108 Å². The summed E-state index contributed by atoms with van der Waals surface area (Å²) in [4.78, 5) is 35.1. The average Bonchev–Trinajstić information content (AvgIpc) is 4.16. The molecule has 338 valence electrons. The van der Waals surface area contributed by atoms with Crippen LogP contribution in [0.2, 0.25) is 0 Å². The fraction of sp³-hybridized carbons (Fsp3) is 0.340. The van der Waals surface area contributed by atoms with Crippen molar-refractivity contribution < 1.29 is 23.8 Å². The molecule has 6 heterocycles. The number of ketones is 1. The van der Waals surface area contributed by atoms with Gasteiger partial charge in [0.1, 0.15) is 43.7 Å².